The van der Waals surface area contributed by atoms with E-state index in [0.717, 1.165) is 29.8 Å². The summed E-state index contributed by atoms with van der Waals surface area (Å²) in [5, 5.41) is 0. The molecule has 2 aliphatic carbocycles. The summed E-state index contributed by atoms with van der Waals surface area (Å²) in [6.45, 7) is 2.08. The van der Waals surface area contributed by atoms with E-state index in [1.165, 1.54) is 44.2 Å². The Morgan fingerprint density at radius 2 is 1.67 bits per heavy atom. The van der Waals surface area contributed by atoms with Crippen molar-refractivity contribution in [1.29, 1.82) is 0 Å². The Hall–Kier alpha value is -1.57. The molecule has 0 amide bonds. The summed E-state index contributed by atoms with van der Waals surface area (Å²) in [7, 11) is 0. The van der Waals surface area contributed by atoms with Crippen molar-refractivity contribution in [2.24, 2.45) is 0 Å². The molecule has 2 nitrogen and oxygen atoms in total. The van der Waals surface area contributed by atoms with E-state index in [9.17, 15) is 0 Å². The number of hydrogen-bond donors (Lipinski definition) is 0. The smallest absolute Gasteiger partial charge is 0.228 e. The number of aryl methyl sites for hydroxylation is 1. The molecule has 1 heterocycles. The van der Waals surface area contributed by atoms with E-state index in [1.807, 2.05) is 12.1 Å². The Kier molecular flexibility index (Phi) is 3.39. The van der Waals surface area contributed by atoms with E-state index in [0.29, 0.717) is 17.8 Å². The molecule has 1 aromatic carbocycles. The summed E-state index contributed by atoms with van der Waals surface area (Å²) in [5.74, 6) is 1.01. The number of rotatable bonds is 3. The molecule has 2 heteroatoms. The summed E-state index contributed by atoms with van der Waals surface area (Å²) in [4.78, 5) is 0. The fourth-order valence-corrected chi connectivity index (χ4v) is 5.00. The van der Waals surface area contributed by atoms with Crippen LogP contribution < -0.4 is 4.57 Å². The first-order chi connectivity index (χ1) is 12.9. The van der Waals surface area contributed by atoms with Crippen LogP contribution >= 0.6 is 0 Å². The van der Waals surface area contributed by atoms with E-state index in [-0.39, 0.29) is 0 Å². The molecule has 0 spiro atoms. The van der Waals surface area contributed by atoms with Gasteiger partial charge in [-0.3, -0.25) is 0 Å². The van der Waals surface area contributed by atoms with Crippen LogP contribution in [-0.2, 0) is 0 Å². The molecule has 0 bridgehead atoms. The number of para-hydroxylation sites is 1. The van der Waals surface area contributed by atoms with Gasteiger partial charge in [-0.05, 0) is 57.1 Å². The molecule has 2 saturated carbocycles. The van der Waals surface area contributed by atoms with Crippen molar-refractivity contribution in [3.8, 4) is 5.69 Å². The fraction of sp³-hybridized carbons (Fsp3) is 0.591. The van der Waals surface area contributed by atoms with Crippen molar-refractivity contribution < 1.29 is 8.68 Å². The van der Waals surface area contributed by atoms with Crippen LogP contribution in [0.3, 0.4) is 0 Å². The van der Waals surface area contributed by atoms with Crippen molar-refractivity contribution in [3.63, 3.8) is 0 Å². The summed E-state index contributed by atoms with van der Waals surface area (Å²) in [5.41, 5.74) is 4.57. The Labute approximate surface area is 150 Å². The zero-order valence-electron chi connectivity index (χ0n) is 18.0. The molecule has 2 aromatic rings. The summed E-state index contributed by atoms with van der Waals surface area (Å²) in [6.07, 6.45) is 9.50. The number of aromatic nitrogens is 2. The van der Waals surface area contributed by atoms with Gasteiger partial charge in [-0.2, -0.15) is 4.57 Å². The molecule has 2 fully saturated rings. The van der Waals surface area contributed by atoms with Gasteiger partial charge in [-0.1, -0.05) is 31.0 Å². The Morgan fingerprint density at radius 1 is 1.00 bits per heavy atom. The Balaban J connectivity index is 2.03. The quantitative estimate of drug-likeness (QED) is 0.662. The highest BCUT2D eigenvalue weighted by molar-refractivity contribution is 5.43. The molecule has 0 aliphatic heterocycles. The van der Waals surface area contributed by atoms with E-state index >= 15 is 0 Å². The highest BCUT2D eigenvalue weighted by atomic mass is 15.2. The lowest BCUT2D eigenvalue weighted by atomic mass is 10.0. The van der Waals surface area contributed by atoms with E-state index in [4.69, 9.17) is 4.11 Å². The standard InChI is InChI=1S/C22H31N2/c1-16-10-4-9-15-21(16)23-17(2)22(19-11-5-6-12-19)24(18(23)3)20-13-7-8-14-20/h4,9-10,15,19-20H,5-8,11-14H2,1-3H3/q+1/i3D3. The normalized spacial score (nSPS) is 21.8. The number of benzene rings is 1. The van der Waals surface area contributed by atoms with Crippen molar-refractivity contribution in [3.05, 3.63) is 47.0 Å². The molecular weight excluding hydrogens is 292 g/mol. The molecule has 0 N–H and O–H groups in total. The van der Waals surface area contributed by atoms with Crippen LogP contribution in [0.2, 0.25) is 0 Å². The van der Waals surface area contributed by atoms with Crippen LogP contribution in [0.25, 0.3) is 5.69 Å². The SMILES string of the molecule is [2H]C([2H])([2H])c1n(-c2ccccc2C)c(C)c(C2CCCC2)[n+]1C1CCCC1. The highest BCUT2D eigenvalue weighted by Gasteiger charge is 2.37. The average molecular weight is 327 g/mol. The second kappa shape index (κ2) is 6.38. The molecule has 24 heavy (non-hydrogen) atoms. The predicted molar refractivity (Wildman–Crippen MR) is 98.9 cm³/mol. The van der Waals surface area contributed by atoms with Gasteiger partial charge in [-0.15, -0.1) is 0 Å². The van der Waals surface area contributed by atoms with Gasteiger partial charge in [0, 0.05) is 23.8 Å². The lowest BCUT2D eigenvalue weighted by molar-refractivity contribution is -0.734. The van der Waals surface area contributed by atoms with Crippen molar-refractivity contribution in [2.75, 3.05) is 0 Å². The maximum atomic E-state index is 8.41. The van der Waals surface area contributed by atoms with Crippen LogP contribution in [-0.4, -0.2) is 4.57 Å². The molecule has 0 radical (unpaired) electrons. The van der Waals surface area contributed by atoms with Gasteiger partial charge in [-0.25, -0.2) is 4.57 Å². The molecule has 0 saturated heterocycles. The van der Waals surface area contributed by atoms with Crippen LogP contribution in [0.4, 0.5) is 0 Å². The first kappa shape index (κ1) is 12.7. The summed E-state index contributed by atoms with van der Waals surface area (Å²) in [6, 6.07) is 8.51. The van der Waals surface area contributed by atoms with Gasteiger partial charge in [0.05, 0.1) is 0 Å². The second-order valence-corrected chi connectivity index (χ2v) is 7.71. The van der Waals surface area contributed by atoms with Gasteiger partial charge >= 0.3 is 0 Å². The minimum Gasteiger partial charge on any atom is -0.228 e. The third-order valence-corrected chi connectivity index (χ3v) is 6.19. The highest BCUT2D eigenvalue weighted by Crippen LogP contribution is 2.38. The van der Waals surface area contributed by atoms with E-state index < -0.39 is 6.85 Å². The van der Waals surface area contributed by atoms with Crippen LogP contribution in [0, 0.1) is 20.7 Å². The van der Waals surface area contributed by atoms with Crippen molar-refractivity contribution >= 4 is 0 Å². The zero-order valence-corrected chi connectivity index (χ0v) is 15.0. The predicted octanol–water partition coefficient (Wildman–Crippen LogP) is 5.46. The van der Waals surface area contributed by atoms with E-state index in [1.54, 1.807) is 0 Å². The maximum absolute atomic E-state index is 8.41. The minimum absolute atomic E-state index is 0.333. The average Bonchev–Trinajstić information content (AvgIpc) is 3.34. The van der Waals surface area contributed by atoms with Crippen LogP contribution in [0.15, 0.2) is 24.3 Å². The zero-order chi connectivity index (χ0) is 19.2. The van der Waals surface area contributed by atoms with Crippen molar-refractivity contribution in [2.45, 2.75) is 84.0 Å². The van der Waals surface area contributed by atoms with Crippen LogP contribution in [0.1, 0.15) is 90.2 Å². The lowest BCUT2D eigenvalue weighted by Crippen LogP contribution is -2.44. The molecule has 128 valence electrons. The van der Waals surface area contributed by atoms with Gasteiger partial charge in [0.1, 0.15) is 23.1 Å². The van der Waals surface area contributed by atoms with Crippen LogP contribution in [0.5, 0.6) is 0 Å². The third kappa shape index (κ3) is 2.51. The second-order valence-electron chi connectivity index (χ2n) is 7.71. The molecule has 0 atom stereocenters. The van der Waals surface area contributed by atoms with Gasteiger partial charge in [0.25, 0.3) is 5.82 Å². The molecular formula is C22H31N2+. The topological polar surface area (TPSA) is 8.81 Å². The molecule has 0 unspecified atom stereocenters. The molecule has 1 aromatic heterocycles. The Morgan fingerprint density at radius 3 is 2.33 bits per heavy atom. The molecule has 4 rings (SSSR count). The monoisotopic (exact) mass is 326 g/mol. The first-order valence-corrected chi connectivity index (χ1v) is 9.63. The van der Waals surface area contributed by atoms with Gasteiger partial charge < -0.3 is 0 Å². The number of hydrogen-bond acceptors (Lipinski definition) is 0. The third-order valence-electron chi connectivity index (χ3n) is 6.19. The fourth-order valence-electron chi connectivity index (χ4n) is 5.00. The maximum Gasteiger partial charge on any atom is 0.259 e. The largest absolute Gasteiger partial charge is 0.259 e. The van der Waals surface area contributed by atoms with Crippen molar-refractivity contribution in [1.82, 2.24) is 4.57 Å². The number of imidazole rings is 1. The number of nitrogens with zero attached hydrogens (tertiary/aromatic N) is 2. The van der Waals surface area contributed by atoms with E-state index in [2.05, 4.69) is 35.1 Å². The minimum atomic E-state index is -2.13. The summed E-state index contributed by atoms with van der Waals surface area (Å²) >= 11 is 0. The first-order valence-electron chi connectivity index (χ1n) is 11.1. The Bertz CT molecular complexity index is 823. The molecule has 2 aliphatic rings. The lowest BCUT2D eigenvalue weighted by Gasteiger charge is -2.14. The summed E-state index contributed by atoms with van der Waals surface area (Å²) < 4.78 is 29.6. The van der Waals surface area contributed by atoms with Gasteiger partial charge in [0.15, 0.2) is 0 Å². The van der Waals surface area contributed by atoms with Gasteiger partial charge in [0.2, 0.25) is 0 Å².